The summed E-state index contributed by atoms with van der Waals surface area (Å²) < 4.78 is 37.3. The molecule has 0 amide bonds. The van der Waals surface area contributed by atoms with Crippen molar-refractivity contribution in [1.82, 2.24) is 0 Å². The molecule has 33 heavy (non-hydrogen) atoms. The lowest BCUT2D eigenvalue weighted by Crippen LogP contribution is -2.34. The van der Waals surface area contributed by atoms with Gasteiger partial charge in [0.1, 0.15) is 6.61 Å². The molecule has 1 fully saturated rings. The molecular weight excluding hydrogens is 434 g/mol. The second-order valence-electron chi connectivity index (χ2n) is 8.59. The molecule has 0 aliphatic carbocycles. The molecule has 0 aromatic heterocycles. The van der Waals surface area contributed by atoms with E-state index in [2.05, 4.69) is 18.8 Å². The smallest absolute Gasteiger partial charge is 0.475 e. The van der Waals surface area contributed by atoms with Crippen LogP contribution in [0.25, 0.3) is 0 Å². The summed E-state index contributed by atoms with van der Waals surface area (Å²) in [6.07, 6.45) is -6.38. The number of nitrogens with zero attached hydrogens (tertiary/aromatic N) is 1. The molecule has 182 valence electrons. The number of hydrogen-bond donors (Lipinski definition) is 0. The van der Waals surface area contributed by atoms with Crippen molar-refractivity contribution < 1.29 is 42.7 Å². The summed E-state index contributed by atoms with van der Waals surface area (Å²) in [7, 11) is 0. The topological polar surface area (TPSA) is 111 Å². The molecule has 1 aromatic carbocycles. The predicted octanol–water partition coefficient (Wildman–Crippen LogP) is 4.31. The van der Waals surface area contributed by atoms with E-state index in [1.807, 2.05) is 12.1 Å². The van der Waals surface area contributed by atoms with Crippen LogP contribution in [0.1, 0.15) is 59.0 Å². The molecule has 2 aliphatic rings. The largest absolute Gasteiger partial charge is 0.511 e. The van der Waals surface area contributed by atoms with Gasteiger partial charge in [-0.15, -0.1) is 0 Å². The lowest BCUT2D eigenvalue weighted by Gasteiger charge is -2.18. The fraction of sp³-hybridized carbons (Fsp3) is 0.609. The monoisotopic (exact) mass is 465 g/mol. The lowest BCUT2D eigenvalue weighted by molar-refractivity contribution is -0.163. The second-order valence-corrected chi connectivity index (χ2v) is 8.59. The van der Waals surface area contributed by atoms with Gasteiger partial charge in [0.25, 0.3) is 12.6 Å². The fourth-order valence-electron chi connectivity index (χ4n) is 3.03. The standard InChI is InChI=1S/C23H31NO9/c1-12(2)17-11-27-18(24-17)15-7-9-16(10-8-15)19-30-20(32-22(25)28-13(3)4)21(31-19)33-23(26)29-14(5)6/h7-10,12-14,17,19-21H,11H2,1-6H3/t17-,20-,21-/m1/s1. The normalized spacial score (nSPS) is 22.9. The molecule has 0 spiro atoms. The number of hydrogen-bond acceptors (Lipinski definition) is 10. The van der Waals surface area contributed by atoms with Crippen molar-refractivity contribution in [2.75, 3.05) is 6.61 Å². The summed E-state index contributed by atoms with van der Waals surface area (Å²) in [6, 6.07) is 7.33. The summed E-state index contributed by atoms with van der Waals surface area (Å²) in [5, 5.41) is 0. The van der Waals surface area contributed by atoms with Gasteiger partial charge in [0, 0.05) is 11.1 Å². The predicted molar refractivity (Wildman–Crippen MR) is 115 cm³/mol. The summed E-state index contributed by atoms with van der Waals surface area (Å²) in [4.78, 5) is 28.5. The first kappa shape index (κ1) is 24.8. The minimum absolute atomic E-state index is 0.133. The van der Waals surface area contributed by atoms with E-state index in [9.17, 15) is 9.59 Å². The van der Waals surface area contributed by atoms with Gasteiger partial charge in [-0.1, -0.05) is 26.0 Å². The number of carbonyl (C=O) groups is 2. The van der Waals surface area contributed by atoms with Gasteiger partial charge in [-0.25, -0.2) is 14.6 Å². The number of ether oxygens (including phenoxy) is 7. The first-order valence-electron chi connectivity index (χ1n) is 11.0. The Hall–Kier alpha value is -2.85. The number of rotatable bonds is 7. The summed E-state index contributed by atoms with van der Waals surface area (Å²) in [6.45, 7) is 11.5. The molecule has 10 heteroatoms. The van der Waals surface area contributed by atoms with Crippen LogP contribution in [0.4, 0.5) is 9.59 Å². The number of benzene rings is 1. The molecule has 2 heterocycles. The van der Waals surface area contributed by atoms with Crippen LogP contribution in [0.3, 0.4) is 0 Å². The Morgan fingerprint density at radius 3 is 1.82 bits per heavy atom. The highest BCUT2D eigenvalue weighted by molar-refractivity contribution is 5.95. The second kappa shape index (κ2) is 10.8. The lowest BCUT2D eigenvalue weighted by atomic mass is 10.1. The minimum atomic E-state index is -1.34. The van der Waals surface area contributed by atoms with Gasteiger partial charge in [-0.2, -0.15) is 0 Å². The molecule has 1 saturated heterocycles. The number of aliphatic imine (C=N–C) groups is 1. The summed E-state index contributed by atoms with van der Waals surface area (Å²) in [5.74, 6) is 0.976. The van der Waals surface area contributed by atoms with E-state index in [0.29, 0.717) is 24.0 Å². The van der Waals surface area contributed by atoms with E-state index < -0.39 is 43.4 Å². The van der Waals surface area contributed by atoms with Gasteiger partial charge in [-0.05, 0) is 45.7 Å². The van der Waals surface area contributed by atoms with Crippen LogP contribution in [0.15, 0.2) is 29.3 Å². The van der Waals surface area contributed by atoms with E-state index in [1.165, 1.54) is 0 Å². The molecule has 0 bridgehead atoms. The van der Waals surface area contributed by atoms with E-state index in [4.69, 9.17) is 33.2 Å². The fourth-order valence-corrected chi connectivity index (χ4v) is 3.03. The molecule has 3 rings (SSSR count). The third-order valence-electron chi connectivity index (χ3n) is 4.70. The molecule has 0 N–H and O–H groups in total. The third kappa shape index (κ3) is 6.82. The van der Waals surface area contributed by atoms with Crippen LogP contribution in [-0.4, -0.2) is 55.6 Å². The van der Waals surface area contributed by atoms with Gasteiger partial charge in [0.2, 0.25) is 5.90 Å². The van der Waals surface area contributed by atoms with Gasteiger partial charge in [0.05, 0.1) is 18.2 Å². The van der Waals surface area contributed by atoms with Crippen LogP contribution >= 0.6 is 0 Å². The Morgan fingerprint density at radius 2 is 1.39 bits per heavy atom. The van der Waals surface area contributed by atoms with Crippen LogP contribution in [-0.2, 0) is 33.2 Å². The zero-order valence-electron chi connectivity index (χ0n) is 19.7. The van der Waals surface area contributed by atoms with Crippen molar-refractivity contribution in [1.29, 1.82) is 0 Å². The van der Waals surface area contributed by atoms with Crippen molar-refractivity contribution in [2.45, 2.75) is 78.7 Å². The van der Waals surface area contributed by atoms with Crippen LogP contribution < -0.4 is 0 Å². The van der Waals surface area contributed by atoms with Crippen LogP contribution in [0.2, 0.25) is 0 Å². The maximum atomic E-state index is 11.9. The molecule has 10 nitrogen and oxygen atoms in total. The Morgan fingerprint density at radius 1 is 0.879 bits per heavy atom. The Balaban J connectivity index is 1.69. The third-order valence-corrected chi connectivity index (χ3v) is 4.70. The zero-order valence-corrected chi connectivity index (χ0v) is 19.7. The first-order chi connectivity index (χ1) is 15.6. The SMILES string of the molecule is CC(C)OC(=O)O[C@H]1OC(c2ccc(C3=N[C@@H](C(C)C)CO3)cc2)O[C@@H]1OC(=O)OC(C)C. The zero-order chi connectivity index (χ0) is 24.1. The van der Waals surface area contributed by atoms with Crippen LogP contribution in [0.5, 0.6) is 0 Å². The molecule has 0 saturated carbocycles. The van der Waals surface area contributed by atoms with E-state index in [0.717, 1.165) is 5.56 Å². The van der Waals surface area contributed by atoms with Crippen molar-refractivity contribution in [3.63, 3.8) is 0 Å². The van der Waals surface area contributed by atoms with Crippen LogP contribution in [0, 0.1) is 5.92 Å². The highest BCUT2D eigenvalue weighted by Crippen LogP contribution is 2.33. The van der Waals surface area contributed by atoms with Crippen molar-refractivity contribution in [2.24, 2.45) is 10.9 Å². The van der Waals surface area contributed by atoms with E-state index in [-0.39, 0.29) is 6.04 Å². The maximum absolute atomic E-state index is 11.9. The van der Waals surface area contributed by atoms with Gasteiger partial charge in [0.15, 0.2) is 6.29 Å². The molecule has 2 aliphatic heterocycles. The number of carbonyl (C=O) groups excluding carboxylic acids is 2. The summed E-state index contributed by atoms with van der Waals surface area (Å²) >= 11 is 0. The summed E-state index contributed by atoms with van der Waals surface area (Å²) in [5.41, 5.74) is 1.44. The highest BCUT2D eigenvalue weighted by Gasteiger charge is 2.43. The average Bonchev–Trinajstić information content (AvgIpc) is 3.35. The maximum Gasteiger partial charge on any atom is 0.511 e. The average molecular weight is 465 g/mol. The van der Waals surface area contributed by atoms with Gasteiger partial charge in [-0.3, -0.25) is 0 Å². The van der Waals surface area contributed by atoms with Crippen molar-refractivity contribution >= 4 is 18.2 Å². The molecule has 0 radical (unpaired) electrons. The van der Waals surface area contributed by atoms with E-state index in [1.54, 1.807) is 39.8 Å². The molecular formula is C23H31NO9. The quantitative estimate of drug-likeness (QED) is 0.544. The minimum Gasteiger partial charge on any atom is -0.475 e. The first-order valence-corrected chi connectivity index (χ1v) is 11.0. The van der Waals surface area contributed by atoms with Crippen molar-refractivity contribution in [3.8, 4) is 0 Å². The van der Waals surface area contributed by atoms with Gasteiger partial charge >= 0.3 is 12.3 Å². The van der Waals surface area contributed by atoms with Gasteiger partial charge < -0.3 is 33.2 Å². The Kier molecular flexibility index (Phi) is 8.15. The Bertz CT molecular complexity index is 818. The molecule has 1 aromatic rings. The van der Waals surface area contributed by atoms with E-state index >= 15 is 0 Å². The Labute approximate surface area is 193 Å². The van der Waals surface area contributed by atoms with Crippen molar-refractivity contribution in [3.05, 3.63) is 35.4 Å². The molecule has 0 unspecified atom stereocenters. The molecule has 3 atom stereocenters. The highest BCUT2D eigenvalue weighted by atomic mass is 16.9.